The molecule has 2 aromatic carbocycles. The van der Waals surface area contributed by atoms with Gasteiger partial charge in [0.1, 0.15) is 6.61 Å². The molecule has 0 bridgehead atoms. The molecular formula is C18H18BrNO4. The van der Waals surface area contributed by atoms with E-state index in [0.29, 0.717) is 0 Å². The number of nitrogens with one attached hydrogen (secondary N) is 1. The van der Waals surface area contributed by atoms with Gasteiger partial charge < -0.3 is 15.2 Å². The molecule has 0 radical (unpaired) electrons. The Kier molecular flexibility index (Phi) is 6.37. The number of carboxylic acids is 1. The molecule has 0 saturated heterocycles. The highest BCUT2D eigenvalue weighted by Crippen LogP contribution is 2.23. The van der Waals surface area contributed by atoms with E-state index in [2.05, 4.69) is 21.2 Å². The minimum Gasteiger partial charge on any atom is -0.481 e. The second-order valence-electron chi connectivity index (χ2n) is 5.37. The summed E-state index contributed by atoms with van der Waals surface area (Å²) in [6, 6.07) is 14.1. The lowest BCUT2D eigenvalue weighted by molar-refractivity contribution is -0.137. The van der Waals surface area contributed by atoms with Crippen molar-refractivity contribution in [2.75, 3.05) is 0 Å². The predicted molar refractivity (Wildman–Crippen MR) is 93.6 cm³/mol. The zero-order chi connectivity index (χ0) is 17.5. The molecule has 0 heterocycles. The molecule has 5 nitrogen and oxygen atoms in total. The number of hydrogen-bond acceptors (Lipinski definition) is 3. The number of halogens is 1. The Morgan fingerprint density at radius 1 is 1.21 bits per heavy atom. The SMILES string of the molecule is Cc1cc([C@H](CC(=O)O)NC(=O)OCc2ccccc2)ccc1Br. The van der Waals surface area contributed by atoms with Crippen LogP contribution in [0.5, 0.6) is 0 Å². The van der Waals surface area contributed by atoms with Gasteiger partial charge in [-0.1, -0.05) is 58.4 Å². The minimum absolute atomic E-state index is 0.131. The summed E-state index contributed by atoms with van der Waals surface area (Å²) >= 11 is 3.40. The van der Waals surface area contributed by atoms with Gasteiger partial charge in [0.15, 0.2) is 0 Å². The third-order valence-electron chi connectivity index (χ3n) is 3.47. The minimum atomic E-state index is -0.996. The van der Waals surface area contributed by atoms with Crippen molar-refractivity contribution < 1.29 is 19.4 Å². The number of aliphatic carboxylic acids is 1. The molecule has 2 rings (SSSR count). The van der Waals surface area contributed by atoms with Crippen molar-refractivity contribution in [1.82, 2.24) is 5.32 Å². The molecule has 0 fully saturated rings. The van der Waals surface area contributed by atoms with E-state index in [0.717, 1.165) is 21.2 Å². The van der Waals surface area contributed by atoms with E-state index in [1.54, 1.807) is 6.07 Å². The van der Waals surface area contributed by atoms with Crippen molar-refractivity contribution in [1.29, 1.82) is 0 Å². The number of amides is 1. The molecule has 126 valence electrons. The van der Waals surface area contributed by atoms with Crippen LogP contribution in [0.4, 0.5) is 4.79 Å². The number of alkyl carbamates (subject to hydrolysis) is 1. The van der Waals surface area contributed by atoms with Gasteiger partial charge in [0, 0.05) is 4.47 Å². The highest BCUT2D eigenvalue weighted by atomic mass is 79.9. The van der Waals surface area contributed by atoms with Gasteiger partial charge in [0.2, 0.25) is 0 Å². The maximum absolute atomic E-state index is 12.0. The first-order valence-electron chi connectivity index (χ1n) is 7.41. The number of benzene rings is 2. The fourth-order valence-electron chi connectivity index (χ4n) is 2.22. The number of rotatable bonds is 6. The van der Waals surface area contributed by atoms with Crippen LogP contribution >= 0.6 is 15.9 Å². The van der Waals surface area contributed by atoms with E-state index in [9.17, 15) is 9.59 Å². The maximum Gasteiger partial charge on any atom is 0.407 e. The Hall–Kier alpha value is -2.34. The third kappa shape index (κ3) is 5.38. The first-order valence-corrected chi connectivity index (χ1v) is 8.20. The predicted octanol–water partition coefficient (Wildman–Crippen LogP) is 4.20. The summed E-state index contributed by atoms with van der Waals surface area (Å²) in [5.74, 6) is -0.996. The van der Waals surface area contributed by atoms with Gasteiger partial charge >= 0.3 is 12.1 Å². The van der Waals surface area contributed by atoms with Crippen molar-refractivity contribution in [3.63, 3.8) is 0 Å². The molecule has 1 atom stereocenters. The second kappa shape index (κ2) is 8.49. The van der Waals surface area contributed by atoms with E-state index in [-0.39, 0.29) is 13.0 Å². The number of ether oxygens (including phenoxy) is 1. The molecule has 24 heavy (non-hydrogen) atoms. The van der Waals surface area contributed by atoms with Crippen molar-refractivity contribution in [3.05, 3.63) is 69.7 Å². The molecular weight excluding hydrogens is 374 g/mol. The van der Waals surface area contributed by atoms with E-state index < -0.39 is 18.1 Å². The van der Waals surface area contributed by atoms with Crippen LogP contribution in [0.3, 0.4) is 0 Å². The van der Waals surface area contributed by atoms with Crippen molar-refractivity contribution in [2.45, 2.75) is 26.0 Å². The number of carbonyl (C=O) groups excluding carboxylic acids is 1. The molecule has 0 saturated carbocycles. The van der Waals surface area contributed by atoms with Gasteiger partial charge in [-0.15, -0.1) is 0 Å². The van der Waals surface area contributed by atoms with Gasteiger partial charge in [0.05, 0.1) is 12.5 Å². The zero-order valence-corrected chi connectivity index (χ0v) is 14.7. The van der Waals surface area contributed by atoms with E-state index in [4.69, 9.17) is 9.84 Å². The lowest BCUT2D eigenvalue weighted by atomic mass is 10.0. The summed E-state index contributed by atoms with van der Waals surface area (Å²) < 4.78 is 6.09. The first-order chi connectivity index (χ1) is 11.5. The number of aryl methyl sites for hydroxylation is 1. The fraction of sp³-hybridized carbons (Fsp3) is 0.222. The summed E-state index contributed by atoms with van der Waals surface area (Å²) in [6.45, 7) is 2.03. The molecule has 6 heteroatoms. The summed E-state index contributed by atoms with van der Waals surface area (Å²) in [6.07, 6.45) is -0.868. The molecule has 1 amide bonds. The van der Waals surface area contributed by atoms with Gasteiger partial charge in [-0.05, 0) is 29.7 Å². The van der Waals surface area contributed by atoms with Gasteiger partial charge in [-0.25, -0.2) is 4.79 Å². The summed E-state index contributed by atoms with van der Waals surface area (Å²) in [4.78, 5) is 23.1. The molecule has 2 N–H and O–H groups in total. The first kappa shape index (κ1) is 18.0. The molecule has 0 aliphatic rings. The molecule has 0 aliphatic carbocycles. The van der Waals surface area contributed by atoms with Crippen LogP contribution < -0.4 is 5.32 Å². The van der Waals surface area contributed by atoms with Crippen LogP contribution in [0.1, 0.15) is 29.2 Å². The maximum atomic E-state index is 12.0. The zero-order valence-electron chi connectivity index (χ0n) is 13.2. The smallest absolute Gasteiger partial charge is 0.407 e. The summed E-state index contributed by atoms with van der Waals surface area (Å²) in [5, 5.41) is 11.7. The standard InChI is InChI=1S/C18H18BrNO4/c1-12-9-14(7-8-15(12)19)16(10-17(21)22)20-18(23)24-11-13-5-3-2-4-6-13/h2-9,16H,10-11H2,1H3,(H,20,23)(H,21,22)/t16-/m0/s1. The van der Waals surface area contributed by atoms with Gasteiger partial charge in [0.25, 0.3) is 0 Å². The average Bonchev–Trinajstić information content (AvgIpc) is 2.55. The number of carboxylic acid groups (broad SMARTS) is 1. The van der Waals surface area contributed by atoms with E-state index in [1.165, 1.54) is 0 Å². The van der Waals surface area contributed by atoms with Crippen LogP contribution in [0.15, 0.2) is 53.0 Å². The largest absolute Gasteiger partial charge is 0.481 e. The Labute approximate surface area is 148 Å². The Bertz CT molecular complexity index is 718. The summed E-state index contributed by atoms with van der Waals surface area (Å²) in [7, 11) is 0. The van der Waals surface area contributed by atoms with Gasteiger partial charge in [-0.2, -0.15) is 0 Å². The lowest BCUT2D eigenvalue weighted by Gasteiger charge is -2.18. The lowest BCUT2D eigenvalue weighted by Crippen LogP contribution is -2.30. The van der Waals surface area contributed by atoms with Crippen molar-refractivity contribution >= 4 is 28.0 Å². The van der Waals surface area contributed by atoms with E-state index in [1.807, 2.05) is 49.4 Å². The second-order valence-corrected chi connectivity index (χ2v) is 6.22. The van der Waals surface area contributed by atoms with Crippen LogP contribution in [0.25, 0.3) is 0 Å². The topological polar surface area (TPSA) is 75.6 Å². The quantitative estimate of drug-likeness (QED) is 0.773. The number of carbonyl (C=O) groups is 2. The number of hydrogen-bond donors (Lipinski definition) is 2. The van der Waals surface area contributed by atoms with Crippen molar-refractivity contribution in [2.24, 2.45) is 0 Å². The third-order valence-corrected chi connectivity index (χ3v) is 4.36. The summed E-state index contributed by atoms with van der Waals surface area (Å²) in [5.41, 5.74) is 2.54. The monoisotopic (exact) mass is 391 g/mol. The average molecular weight is 392 g/mol. The molecule has 0 aliphatic heterocycles. The van der Waals surface area contributed by atoms with Crippen LogP contribution in [0, 0.1) is 6.92 Å². The van der Waals surface area contributed by atoms with E-state index >= 15 is 0 Å². The van der Waals surface area contributed by atoms with Gasteiger partial charge in [-0.3, -0.25) is 4.79 Å². The highest BCUT2D eigenvalue weighted by molar-refractivity contribution is 9.10. The molecule has 0 spiro atoms. The Balaban J connectivity index is 2.03. The molecule has 2 aromatic rings. The van der Waals surface area contributed by atoms with Crippen molar-refractivity contribution in [3.8, 4) is 0 Å². The van der Waals surface area contributed by atoms with Crippen LogP contribution in [0.2, 0.25) is 0 Å². The molecule has 0 aromatic heterocycles. The normalized spacial score (nSPS) is 11.6. The Morgan fingerprint density at radius 3 is 2.54 bits per heavy atom. The fourth-order valence-corrected chi connectivity index (χ4v) is 2.47. The Morgan fingerprint density at radius 2 is 1.92 bits per heavy atom. The highest BCUT2D eigenvalue weighted by Gasteiger charge is 2.19. The molecule has 0 unspecified atom stereocenters. The van der Waals surface area contributed by atoms with Crippen LogP contribution in [-0.2, 0) is 16.1 Å². The van der Waals surface area contributed by atoms with Crippen LogP contribution in [-0.4, -0.2) is 17.2 Å².